The van der Waals surface area contributed by atoms with Crippen LogP contribution < -0.4 is 5.66 Å². The number of rotatable bonds is 6. The van der Waals surface area contributed by atoms with Crippen LogP contribution in [0.25, 0.3) is 0 Å². The number of esters is 2. The fraction of sp³-hybridized carbons (Fsp3) is 0.400. The monoisotopic (exact) mass is 532 g/mol. The molecule has 0 spiro atoms. The summed E-state index contributed by atoms with van der Waals surface area (Å²) < 4.78 is 35.8. The molecule has 0 saturated carbocycles. The van der Waals surface area contributed by atoms with Gasteiger partial charge in [-0.15, -0.1) is 0 Å². The molecule has 0 unspecified atom stereocenters. The highest BCUT2D eigenvalue weighted by Crippen LogP contribution is 2.39. The maximum atomic E-state index is 12.9. The Labute approximate surface area is 228 Å². The summed E-state index contributed by atoms with van der Waals surface area (Å²) >= 11 is 0. The van der Waals surface area contributed by atoms with E-state index in [0.717, 1.165) is 11.1 Å². The molecule has 2 fully saturated rings. The van der Waals surface area contributed by atoms with Gasteiger partial charge in [-0.3, -0.25) is 0 Å². The standard InChI is InChI=1S/C30H33BO8/c1-18-7-11-20(12-8-18)26(32)35-24-17-23(36-28(24)37-27(33)21-13-9-19(2)10-14-21)22-15-16-25(34-22)31-38-29(3,4)30(5,6)39-31/h7-16,23-24,28H,17H2,1-6H3/t23-,24+,28-/m1/s1. The van der Waals surface area contributed by atoms with Crippen LogP contribution in [0.15, 0.2) is 65.1 Å². The second-order valence-corrected chi connectivity index (χ2v) is 11.1. The quantitative estimate of drug-likeness (QED) is 0.321. The van der Waals surface area contributed by atoms with E-state index in [1.165, 1.54) is 0 Å². The zero-order chi connectivity index (χ0) is 27.9. The lowest BCUT2D eigenvalue weighted by Gasteiger charge is -2.32. The molecule has 8 nitrogen and oxygen atoms in total. The number of hydrogen-bond acceptors (Lipinski definition) is 8. The van der Waals surface area contributed by atoms with Gasteiger partial charge in [0.15, 0.2) is 6.10 Å². The second kappa shape index (κ2) is 10.3. The largest absolute Gasteiger partial charge is 0.532 e. The summed E-state index contributed by atoms with van der Waals surface area (Å²) in [5, 5.41) is 0. The molecule has 3 aromatic rings. The molecular formula is C30H33BO8. The summed E-state index contributed by atoms with van der Waals surface area (Å²) in [6.07, 6.45) is -2.35. The van der Waals surface area contributed by atoms with Crippen molar-refractivity contribution in [3.8, 4) is 0 Å². The molecule has 3 atom stereocenters. The summed E-state index contributed by atoms with van der Waals surface area (Å²) in [6, 6.07) is 17.6. The van der Waals surface area contributed by atoms with Gasteiger partial charge in [-0.1, -0.05) is 35.4 Å². The van der Waals surface area contributed by atoms with Gasteiger partial charge >= 0.3 is 19.1 Å². The fourth-order valence-corrected chi connectivity index (χ4v) is 4.40. The molecular weight excluding hydrogens is 499 g/mol. The first-order chi connectivity index (χ1) is 18.4. The van der Waals surface area contributed by atoms with E-state index in [9.17, 15) is 9.59 Å². The molecule has 2 saturated heterocycles. The van der Waals surface area contributed by atoms with Gasteiger partial charge in [0.1, 0.15) is 17.5 Å². The lowest BCUT2D eigenvalue weighted by atomic mass is 9.86. The highest BCUT2D eigenvalue weighted by atomic mass is 16.7. The third-order valence-electron chi connectivity index (χ3n) is 7.55. The molecule has 0 radical (unpaired) electrons. The number of hydrogen-bond donors (Lipinski definition) is 0. The van der Waals surface area contributed by atoms with Crippen LogP contribution in [0, 0.1) is 13.8 Å². The fourth-order valence-electron chi connectivity index (χ4n) is 4.40. The van der Waals surface area contributed by atoms with Gasteiger partial charge in [-0.05, 0) is 77.9 Å². The van der Waals surface area contributed by atoms with Crippen molar-refractivity contribution in [1.29, 1.82) is 0 Å². The molecule has 2 aliphatic heterocycles. The minimum absolute atomic E-state index is 0.236. The molecule has 0 bridgehead atoms. The SMILES string of the molecule is Cc1ccc(C(=O)O[C@H]2O[C@@H](c3ccc(B4OC(C)(C)C(C)(C)O4)o3)C[C@@H]2OC(=O)c2ccc(C)cc2)cc1. The first kappa shape index (κ1) is 27.2. The van der Waals surface area contributed by atoms with E-state index in [1.54, 1.807) is 36.4 Å². The van der Waals surface area contributed by atoms with Crippen molar-refractivity contribution in [3.63, 3.8) is 0 Å². The van der Waals surface area contributed by atoms with Gasteiger partial charge < -0.3 is 27.9 Å². The summed E-state index contributed by atoms with van der Waals surface area (Å²) in [5.74, 6) is -0.614. The first-order valence-electron chi connectivity index (χ1n) is 13.1. The Balaban J connectivity index is 1.34. The first-order valence-corrected chi connectivity index (χ1v) is 13.1. The molecule has 9 heteroatoms. The van der Waals surface area contributed by atoms with Gasteiger partial charge in [0.05, 0.1) is 22.3 Å². The van der Waals surface area contributed by atoms with Crippen molar-refractivity contribution < 1.29 is 37.5 Å². The smallest absolute Gasteiger partial charge is 0.467 e. The van der Waals surface area contributed by atoms with Gasteiger partial charge in [0.25, 0.3) is 0 Å². The van der Waals surface area contributed by atoms with E-state index in [4.69, 9.17) is 27.9 Å². The predicted molar refractivity (Wildman–Crippen MR) is 144 cm³/mol. The van der Waals surface area contributed by atoms with E-state index in [1.807, 2.05) is 65.8 Å². The Morgan fingerprint density at radius 3 is 1.82 bits per heavy atom. The molecule has 2 aliphatic rings. The average molecular weight is 532 g/mol. The highest BCUT2D eigenvalue weighted by Gasteiger charge is 2.53. The maximum Gasteiger partial charge on any atom is 0.532 e. The van der Waals surface area contributed by atoms with Crippen LogP contribution >= 0.6 is 0 Å². The zero-order valence-electron chi connectivity index (χ0n) is 23.1. The molecule has 0 amide bonds. The normalized spacial score (nSPS) is 23.5. The molecule has 1 aromatic heterocycles. The van der Waals surface area contributed by atoms with Crippen molar-refractivity contribution >= 4 is 24.7 Å². The summed E-state index contributed by atoms with van der Waals surface area (Å²) in [5.41, 5.74) is 2.28. The van der Waals surface area contributed by atoms with E-state index in [-0.39, 0.29) is 6.42 Å². The van der Waals surface area contributed by atoms with Gasteiger partial charge in [-0.25, -0.2) is 9.59 Å². The van der Waals surface area contributed by atoms with Crippen molar-refractivity contribution in [1.82, 2.24) is 0 Å². The molecule has 5 rings (SSSR count). The zero-order valence-corrected chi connectivity index (χ0v) is 23.1. The van der Waals surface area contributed by atoms with Gasteiger partial charge in [0, 0.05) is 6.42 Å². The highest BCUT2D eigenvalue weighted by molar-refractivity contribution is 6.60. The minimum Gasteiger partial charge on any atom is -0.467 e. The predicted octanol–water partition coefficient (Wildman–Crippen LogP) is 5.07. The van der Waals surface area contributed by atoms with Crippen molar-refractivity contribution in [2.75, 3.05) is 0 Å². The molecule has 39 heavy (non-hydrogen) atoms. The molecule has 3 heterocycles. The van der Waals surface area contributed by atoms with E-state index in [0.29, 0.717) is 22.5 Å². The van der Waals surface area contributed by atoms with Crippen LogP contribution in [-0.2, 0) is 23.5 Å². The van der Waals surface area contributed by atoms with E-state index in [2.05, 4.69) is 0 Å². The average Bonchev–Trinajstić information content (AvgIpc) is 3.56. The third kappa shape index (κ3) is 5.66. The Bertz CT molecular complexity index is 1260. The van der Waals surface area contributed by atoms with Gasteiger partial charge in [0.2, 0.25) is 6.29 Å². The van der Waals surface area contributed by atoms with E-state index >= 15 is 0 Å². The lowest BCUT2D eigenvalue weighted by molar-refractivity contribution is -0.139. The van der Waals surface area contributed by atoms with Gasteiger partial charge in [-0.2, -0.15) is 0 Å². The number of furan rings is 1. The molecule has 204 valence electrons. The Morgan fingerprint density at radius 2 is 1.28 bits per heavy atom. The van der Waals surface area contributed by atoms with Crippen molar-refractivity contribution in [3.05, 3.63) is 88.7 Å². The van der Waals surface area contributed by atoms with Crippen molar-refractivity contribution in [2.24, 2.45) is 0 Å². The lowest BCUT2D eigenvalue weighted by Crippen LogP contribution is -2.41. The molecule has 0 aliphatic carbocycles. The van der Waals surface area contributed by atoms with Crippen LogP contribution in [0.1, 0.15) is 77.8 Å². The van der Waals surface area contributed by atoms with Crippen LogP contribution in [0.3, 0.4) is 0 Å². The Hall–Kier alpha value is -3.40. The summed E-state index contributed by atoms with van der Waals surface area (Å²) in [6.45, 7) is 11.7. The summed E-state index contributed by atoms with van der Waals surface area (Å²) in [4.78, 5) is 25.8. The number of carbonyl (C=O) groups is 2. The summed E-state index contributed by atoms with van der Waals surface area (Å²) in [7, 11) is -0.671. The molecule has 0 N–H and O–H groups in total. The second-order valence-electron chi connectivity index (χ2n) is 11.1. The Kier molecular flexibility index (Phi) is 7.18. The van der Waals surface area contributed by atoms with E-state index < -0.39 is 48.8 Å². The van der Waals surface area contributed by atoms with Crippen LogP contribution in [0.4, 0.5) is 0 Å². The Morgan fingerprint density at radius 1 is 0.769 bits per heavy atom. The molecule has 2 aromatic carbocycles. The number of ether oxygens (including phenoxy) is 3. The number of benzene rings is 2. The number of carbonyl (C=O) groups excluding carboxylic acids is 2. The topological polar surface area (TPSA) is 93.4 Å². The maximum absolute atomic E-state index is 12.9. The van der Waals surface area contributed by atoms with Crippen LogP contribution in [0.5, 0.6) is 0 Å². The van der Waals surface area contributed by atoms with Crippen LogP contribution in [-0.4, -0.2) is 42.7 Å². The minimum atomic E-state index is -1.12. The van der Waals surface area contributed by atoms with Crippen LogP contribution in [0.2, 0.25) is 0 Å². The number of aryl methyl sites for hydroxylation is 2. The third-order valence-corrected chi connectivity index (χ3v) is 7.55. The van der Waals surface area contributed by atoms with Crippen molar-refractivity contribution in [2.45, 2.75) is 77.7 Å².